The maximum atomic E-state index is 12.1. The first kappa shape index (κ1) is 15.6. The van der Waals surface area contributed by atoms with Crippen LogP contribution in [-0.4, -0.2) is 21.5 Å². The van der Waals surface area contributed by atoms with Gasteiger partial charge in [-0.15, -0.1) is 11.3 Å². The zero-order chi connectivity index (χ0) is 13.6. The van der Waals surface area contributed by atoms with Crippen LogP contribution in [0.25, 0.3) is 0 Å². The number of thiophene rings is 1. The SMILES string of the molecule is CCCNCc1sccc1S(=O)(=O)NCC(C)C. The van der Waals surface area contributed by atoms with E-state index >= 15 is 0 Å². The molecule has 18 heavy (non-hydrogen) atoms. The summed E-state index contributed by atoms with van der Waals surface area (Å²) in [5.74, 6) is 0.306. The normalized spacial score (nSPS) is 12.2. The second kappa shape index (κ2) is 7.23. The van der Waals surface area contributed by atoms with Crippen LogP contribution in [-0.2, 0) is 16.6 Å². The van der Waals surface area contributed by atoms with Crippen LogP contribution in [0.1, 0.15) is 32.1 Å². The molecular formula is C12H22N2O2S2. The summed E-state index contributed by atoms with van der Waals surface area (Å²) in [6.45, 7) is 8.04. The summed E-state index contributed by atoms with van der Waals surface area (Å²) in [6, 6.07) is 1.68. The van der Waals surface area contributed by atoms with E-state index in [1.807, 2.05) is 19.2 Å². The van der Waals surface area contributed by atoms with Gasteiger partial charge in [0.05, 0.1) is 4.90 Å². The molecule has 1 aromatic heterocycles. The molecule has 0 unspecified atom stereocenters. The maximum Gasteiger partial charge on any atom is 0.241 e. The Labute approximate surface area is 114 Å². The van der Waals surface area contributed by atoms with Crippen LogP contribution in [0, 0.1) is 5.92 Å². The monoisotopic (exact) mass is 290 g/mol. The summed E-state index contributed by atoms with van der Waals surface area (Å²) in [4.78, 5) is 1.29. The molecule has 0 fully saturated rings. The standard InChI is InChI=1S/C12H22N2O2S2/c1-4-6-13-9-11-12(5-7-17-11)18(15,16)14-8-10(2)3/h5,7,10,13-14H,4,6,8-9H2,1-3H3. The van der Waals surface area contributed by atoms with Crippen LogP contribution in [0.4, 0.5) is 0 Å². The van der Waals surface area contributed by atoms with Crippen LogP contribution >= 0.6 is 11.3 Å². The van der Waals surface area contributed by atoms with E-state index in [9.17, 15) is 8.42 Å². The van der Waals surface area contributed by atoms with E-state index in [-0.39, 0.29) is 0 Å². The molecule has 1 aromatic rings. The average molecular weight is 290 g/mol. The predicted molar refractivity (Wildman–Crippen MR) is 76.3 cm³/mol. The molecular weight excluding hydrogens is 268 g/mol. The Morgan fingerprint density at radius 2 is 2.11 bits per heavy atom. The fourth-order valence-electron chi connectivity index (χ4n) is 1.43. The molecule has 0 amide bonds. The second-order valence-electron chi connectivity index (χ2n) is 4.63. The zero-order valence-corrected chi connectivity index (χ0v) is 12.8. The molecule has 6 heteroatoms. The van der Waals surface area contributed by atoms with Crippen molar-refractivity contribution in [2.24, 2.45) is 5.92 Å². The van der Waals surface area contributed by atoms with Gasteiger partial charge in [-0.25, -0.2) is 13.1 Å². The number of hydrogen-bond donors (Lipinski definition) is 2. The van der Waals surface area contributed by atoms with Crippen molar-refractivity contribution in [3.05, 3.63) is 16.3 Å². The van der Waals surface area contributed by atoms with Gasteiger partial charge in [-0.05, 0) is 30.3 Å². The van der Waals surface area contributed by atoms with Crippen molar-refractivity contribution in [2.45, 2.75) is 38.6 Å². The van der Waals surface area contributed by atoms with Crippen LogP contribution in [0.15, 0.2) is 16.3 Å². The molecule has 0 aromatic carbocycles. The minimum absolute atomic E-state index is 0.306. The lowest BCUT2D eigenvalue weighted by Gasteiger charge is -2.09. The first-order valence-corrected chi connectivity index (χ1v) is 8.60. The molecule has 0 aliphatic rings. The Morgan fingerprint density at radius 3 is 2.72 bits per heavy atom. The van der Waals surface area contributed by atoms with Gasteiger partial charge < -0.3 is 5.32 Å². The Hall–Kier alpha value is -0.430. The Balaban J connectivity index is 2.73. The molecule has 0 spiro atoms. The van der Waals surface area contributed by atoms with Crippen molar-refractivity contribution >= 4 is 21.4 Å². The van der Waals surface area contributed by atoms with Gasteiger partial charge >= 0.3 is 0 Å². The molecule has 1 heterocycles. The summed E-state index contributed by atoms with van der Waals surface area (Å²) in [5.41, 5.74) is 0. The molecule has 0 saturated heterocycles. The predicted octanol–water partition coefficient (Wildman–Crippen LogP) is 2.18. The largest absolute Gasteiger partial charge is 0.312 e. The lowest BCUT2D eigenvalue weighted by atomic mass is 10.2. The van der Waals surface area contributed by atoms with Crippen LogP contribution in [0.5, 0.6) is 0 Å². The molecule has 0 atom stereocenters. The average Bonchev–Trinajstić information content (AvgIpc) is 2.76. The third-order valence-electron chi connectivity index (χ3n) is 2.39. The van der Waals surface area contributed by atoms with E-state index in [0.717, 1.165) is 17.8 Å². The van der Waals surface area contributed by atoms with Crippen molar-refractivity contribution < 1.29 is 8.42 Å². The molecule has 0 aliphatic carbocycles. The van der Waals surface area contributed by atoms with Gasteiger partial charge in [-0.1, -0.05) is 20.8 Å². The fraction of sp³-hybridized carbons (Fsp3) is 0.667. The van der Waals surface area contributed by atoms with Crippen LogP contribution in [0.2, 0.25) is 0 Å². The summed E-state index contributed by atoms with van der Waals surface area (Å²) in [6.07, 6.45) is 1.04. The molecule has 1 rings (SSSR count). The third-order valence-corrected chi connectivity index (χ3v) is 4.95. The van der Waals surface area contributed by atoms with Gasteiger partial charge in [0.2, 0.25) is 10.0 Å². The van der Waals surface area contributed by atoms with Gasteiger partial charge in [0.25, 0.3) is 0 Å². The topological polar surface area (TPSA) is 58.2 Å². The highest BCUT2D eigenvalue weighted by molar-refractivity contribution is 7.89. The molecule has 104 valence electrons. The Morgan fingerprint density at radius 1 is 1.39 bits per heavy atom. The summed E-state index contributed by atoms with van der Waals surface area (Å²) in [7, 11) is -3.36. The van der Waals surface area contributed by atoms with E-state index in [0.29, 0.717) is 23.9 Å². The summed E-state index contributed by atoms with van der Waals surface area (Å²) in [5, 5.41) is 5.06. The second-order valence-corrected chi connectivity index (χ2v) is 7.37. The number of rotatable bonds is 8. The molecule has 0 radical (unpaired) electrons. The smallest absolute Gasteiger partial charge is 0.241 e. The van der Waals surface area contributed by atoms with Crippen molar-refractivity contribution in [1.82, 2.24) is 10.0 Å². The maximum absolute atomic E-state index is 12.1. The van der Waals surface area contributed by atoms with E-state index in [2.05, 4.69) is 17.0 Å². The minimum atomic E-state index is -3.36. The molecule has 0 bridgehead atoms. The minimum Gasteiger partial charge on any atom is -0.312 e. The van der Waals surface area contributed by atoms with E-state index in [1.165, 1.54) is 11.3 Å². The highest BCUT2D eigenvalue weighted by Gasteiger charge is 2.19. The molecule has 0 saturated carbocycles. The van der Waals surface area contributed by atoms with Crippen LogP contribution in [0.3, 0.4) is 0 Å². The third kappa shape index (κ3) is 4.68. The van der Waals surface area contributed by atoms with Gasteiger partial charge in [-0.3, -0.25) is 0 Å². The lowest BCUT2D eigenvalue weighted by Crippen LogP contribution is -2.28. The summed E-state index contributed by atoms with van der Waals surface area (Å²) < 4.78 is 26.9. The number of nitrogens with one attached hydrogen (secondary N) is 2. The number of sulfonamides is 1. The van der Waals surface area contributed by atoms with Crippen molar-refractivity contribution in [3.8, 4) is 0 Å². The summed E-state index contributed by atoms with van der Waals surface area (Å²) >= 11 is 1.48. The first-order chi connectivity index (χ1) is 8.47. The quantitative estimate of drug-likeness (QED) is 0.722. The lowest BCUT2D eigenvalue weighted by molar-refractivity contribution is 0.558. The van der Waals surface area contributed by atoms with Gasteiger partial charge in [0.1, 0.15) is 0 Å². The highest BCUT2D eigenvalue weighted by atomic mass is 32.2. The molecule has 2 N–H and O–H groups in total. The van der Waals surface area contributed by atoms with Crippen molar-refractivity contribution in [2.75, 3.05) is 13.1 Å². The van der Waals surface area contributed by atoms with E-state index in [1.54, 1.807) is 6.07 Å². The molecule has 0 aliphatic heterocycles. The van der Waals surface area contributed by atoms with Crippen molar-refractivity contribution in [1.29, 1.82) is 0 Å². The highest BCUT2D eigenvalue weighted by Crippen LogP contribution is 2.21. The van der Waals surface area contributed by atoms with E-state index in [4.69, 9.17) is 0 Å². The first-order valence-electron chi connectivity index (χ1n) is 6.24. The zero-order valence-electron chi connectivity index (χ0n) is 11.2. The van der Waals surface area contributed by atoms with Gasteiger partial charge in [0, 0.05) is 18.0 Å². The van der Waals surface area contributed by atoms with Gasteiger partial charge in [-0.2, -0.15) is 0 Å². The number of hydrogen-bond acceptors (Lipinski definition) is 4. The fourth-order valence-corrected chi connectivity index (χ4v) is 4.05. The Kier molecular flexibility index (Phi) is 6.28. The Bertz CT molecular complexity index is 452. The van der Waals surface area contributed by atoms with Gasteiger partial charge in [0.15, 0.2) is 0 Å². The molecule has 4 nitrogen and oxygen atoms in total. The van der Waals surface area contributed by atoms with Crippen LogP contribution < -0.4 is 10.0 Å². The van der Waals surface area contributed by atoms with E-state index < -0.39 is 10.0 Å². The van der Waals surface area contributed by atoms with Crippen molar-refractivity contribution in [3.63, 3.8) is 0 Å².